The van der Waals surface area contributed by atoms with Gasteiger partial charge in [-0.25, -0.2) is 4.79 Å². The predicted octanol–water partition coefficient (Wildman–Crippen LogP) is 7.14. The molecule has 2 nitrogen and oxygen atoms in total. The second-order valence-corrected chi connectivity index (χ2v) is 6.70. The maximum absolute atomic E-state index is 10.8. The Balaban J connectivity index is 3.14. The highest BCUT2D eigenvalue weighted by Crippen LogP contribution is 2.13. The molecule has 0 aliphatic rings. The molecule has 140 valence electrons. The standard InChI is InChI=1S/C22H40O2/c1-3-4-5-6-7-8-9-10-11-12-13-14-15-16-17-18-19-20-21-22(23)24-2/h18-21H,3-17H2,1-2H3. The Kier molecular flexibility index (Phi) is 19.1. The number of hydrogen-bond donors (Lipinski definition) is 0. The summed E-state index contributed by atoms with van der Waals surface area (Å²) in [5, 5.41) is 0. The molecular weight excluding hydrogens is 296 g/mol. The Morgan fingerprint density at radius 1 is 0.708 bits per heavy atom. The van der Waals surface area contributed by atoms with Gasteiger partial charge in [-0.15, -0.1) is 0 Å². The third-order valence-corrected chi connectivity index (χ3v) is 4.41. The van der Waals surface area contributed by atoms with E-state index >= 15 is 0 Å². The zero-order valence-electron chi connectivity index (χ0n) is 16.2. The van der Waals surface area contributed by atoms with Crippen LogP contribution in [0.25, 0.3) is 0 Å². The van der Waals surface area contributed by atoms with Gasteiger partial charge in [0.1, 0.15) is 0 Å². The average molecular weight is 337 g/mol. The molecule has 0 fully saturated rings. The molecule has 0 aromatic heterocycles. The van der Waals surface area contributed by atoms with Crippen molar-refractivity contribution in [3.8, 4) is 0 Å². The van der Waals surface area contributed by atoms with Gasteiger partial charge in [0.25, 0.3) is 0 Å². The van der Waals surface area contributed by atoms with Crippen molar-refractivity contribution >= 4 is 5.97 Å². The molecule has 2 heteroatoms. The second-order valence-electron chi connectivity index (χ2n) is 6.70. The van der Waals surface area contributed by atoms with Crippen molar-refractivity contribution in [2.75, 3.05) is 7.11 Å². The Morgan fingerprint density at radius 2 is 1.17 bits per heavy atom. The van der Waals surface area contributed by atoms with Crippen LogP contribution in [0.2, 0.25) is 0 Å². The molecule has 0 amide bonds. The second kappa shape index (κ2) is 20.0. The summed E-state index contributed by atoms with van der Waals surface area (Å²) in [7, 11) is 1.39. The molecule has 0 aliphatic carbocycles. The first-order valence-electron chi connectivity index (χ1n) is 10.2. The molecule has 0 saturated heterocycles. The molecule has 0 aromatic rings. The molecule has 0 rings (SSSR count). The number of ether oxygens (including phenoxy) is 1. The van der Waals surface area contributed by atoms with Crippen molar-refractivity contribution in [2.24, 2.45) is 0 Å². The van der Waals surface area contributed by atoms with E-state index in [-0.39, 0.29) is 5.97 Å². The van der Waals surface area contributed by atoms with E-state index in [0.29, 0.717) is 0 Å². The van der Waals surface area contributed by atoms with Crippen LogP contribution in [0.3, 0.4) is 0 Å². The highest BCUT2D eigenvalue weighted by Gasteiger charge is 1.93. The Hall–Kier alpha value is -1.05. The summed E-state index contributed by atoms with van der Waals surface area (Å²) >= 11 is 0. The Morgan fingerprint density at radius 3 is 1.62 bits per heavy atom. The lowest BCUT2D eigenvalue weighted by atomic mass is 10.0. The van der Waals surface area contributed by atoms with E-state index in [0.717, 1.165) is 6.42 Å². The number of esters is 1. The van der Waals surface area contributed by atoms with Gasteiger partial charge in [-0.05, 0) is 12.8 Å². The third-order valence-electron chi connectivity index (χ3n) is 4.41. The summed E-state index contributed by atoms with van der Waals surface area (Å²) in [6, 6.07) is 0. The van der Waals surface area contributed by atoms with Gasteiger partial charge in [-0.3, -0.25) is 0 Å². The zero-order chi connectivity index (χ0) is 17.7. The number of carbonyl (C=O) groups excluding carboxylic acids is 1. The SMILES string of the molecule is CCCCCCCCCCCCCCCCC=CC=CC(=O)OC. The lowest BCUT2D eigenvalue weighted by molar-refractivity contribution is -0.134. The van der Waals surface area contributed by atoms with E-state index in [9.17, 15) is 4.79 Å². The van der Waals surface area contributed by atoms with Crippen LogP contribution in [0, 0.1) is 0 Å². The fraction of sp³-hybridized carbons (Fsp3) is 0.773. The van der Waals surface area contributed by atoms with Gasteiger partial charge in [-0.1, -0.05) is 109 Å². The minimum Gasteiger partial charge on any atom is -0.466 e. The first-order valence-corrected chi connectivity index (χ1v) is 10.2. The van der Waals surface area contributed by atoms with Gasteiger partial charge in [0.2, 0.25) is 0 Å². The van der Waals surface area contributed by atoms with E-state index in [2.05, 4.69) is 17.7 Å². The lowest BCUT2D eigenvalue weighted by Crippen LogP contribution is -1.92. The minimum atomic E-state index is -0.295. The zero-order valence-corrected chi connectivity index (χ0v) is 16.2. The van der Waals surface area contributed by atoms with Crippen molar-refractivity contribution in [2.45, 2.75) is 103 Å². The van der Waals surface area contributed by atoms with Crippen LogP contribution < -0.4 is 0 Å². The van der Waals surface area contributed by atoms with E-state index in [1.54, 1.807) is 6.08 Å². The fourth-order valence-electron chi connectivity index (χ4n) is 2.83. The van der Waals surface area contributed by atoms with Crippen LogP contribution in [0.1, 0.15) is 103 Å². The average Bonchev–Trinajstić information content (AvgIpc) is 2.60. The molecule has 0 unspecified atom stereocenters. The molecule has 0 radical (unpaired) electrons. The summed E-state index contributed by atoms with van der Waals surface area (Å²) in [6.07, 6.45) is 27.9. The molecule has 0 aromatic carbocycles. The summed E-state index contributed by atoms with van der Waals surface area (Å²) in [5.74, 6) is -0.295. The van der Waals surface area contributed by atoms with Gasteiger partial charge in [0.15, 0.2) is 0 Å². The largest absolute Gasteiger partial charge is 0.466 e. The molecule has 0 atom stereocenters. The maximum Gasteiger partial charge on any atom is 0.330 e. The van der Waals surface area contributed by atoms with Crippen LogP contribution in [0.4, 0.5) is 0 Å². The van der Waals surface area contributed by atoms with E-state index in [4.69, 9.17) is 0 Å². The van der Waals surface area contributed by atoms with Crippen molar-refractivity contribution in [3.63, 3.8) is 0 Å². The summed E-state index contributed by atoms with van der Waals surface area (Å²) < 4.78 is 4.52. The van der Waals surface area contributed by atoms with Gasteiger partial charge < -0.3 is 4.74 Å². The highest BCUT2D eigenvalue weighted by atomic mass is 16.5. The van der Waals surface area contributed by atoms with E-state index in [1.807, 2.05) is 6.08 Å². The fourth-order valence-corrected chi connectivity index (χ4v) is 2.83. The van der Waals surface area contributed by atoms with Crippen LogP contribution in [0.5, 0.6) is 0 Å². The van der Waals surface area contributed by atoms with Crippen LogP contribution in [-0.4, -0.2) is 13.1 Å². The van der Waals surface area contributed by atoms with Crippen LogP contribution >= 0.6 is 0 Å². The molecule has 0 aliphatic heterocycles. The monoisotopic (exact) mass is 336 g/mol. The van der Waals surface area contributed by atoms with Crippen molar-refractivity contribution < 1.29 is 9.53 Å². The number of allylic oxidation sites excluding steroid dienone is 3. The highest BCUT2D eigenvalue weighted by molar-refractivity contribution is 5.82. The lowest BCUT2D eigenvalue weighted by Gasteiger charge is -2.02. The smallest absolute Gasteiger partial charge is 0.330 e. The molecule has 0 bridgehead atoms. The molecule has 0 heterocycles. The van der Waals surface area contributed by atoms with Crippen molar-refractivity contribution in [1.29, 1.82) is 0 Å². The number of rotatable bonds is 17. The minimum absolute atomic E-state index is 0.295. The van der Waals surface area contributed by atoms with Gasteiger partial charge in [-0.2, -0.15) is 0 Å². The number of methoxy groups -OCH3 is 1. The predicted molar refractivity (Wildman–Crippen MR) is 105 cm³/mol. The number of hydrogen-bond acceptors (Lipinski definition) is 2. The number of carbonyl (C=O) groups is 1. The first-order chi connectivity index (χ1) is 11.8. The quantitative estimate of drug-likeness (QED) is 0.122. The normalized spacial score (nSPS) is 11.6. The third kappa shape index (κ3) is 19.0. The number of unbranched alkanes of at least 4 members (excludes halogenated alkanes) is 14. The summed E-state index contributed by atoms with van der Waals surface area (Å²) in [5.41, 5.74) is 0. The summed E-state index contributed by atoms with van der Waals surface area (Å²) in [6.45, 7) is 2.28. The molecule has 0 saturated carbocycles. The maximum atomic E-state index is 10.8. The molecular formula is C22H40O2. The molecule has 0 N–H and O–H groups in total. The van der Waals surface area contributed by atoms with Gasteiger partial charge in [0, 0.05) is 6.08 Å². The first kappa shape index (κ1) is 22.9. The van der Waals surface area contributed by atoms with Crippen molar-refractivity contribution in [1.82, 2.24) is 0 Å². The molecule has 0 spiro atoms. The van der Waals surface area contributed by atoms with Gasteiger partial charge in [0.05, 0.1) is 7.11 Å². The Bertz CT molecular complexity index is 318. The molecule has 24 heavy (non-hydrogen) atoms. The topological polar surface area (TPSA) is 26.3 Å². The summed E-state index contributed by atoms with van der Waals surface area (Å²) in [4.78, 5) is 10.8. The van der Waals surface area contributed by atoms with Crippen LogP contribution in [-0.2, 0) is 9.53 Å². The van der Waals surface area contributed by atoms with Gasteiger partial charge >= 0.3 is 5.97 Å². The van der Waals surface area contributed by atoms with E-state index in [1.165, 1.54) is 103 Å². The van der Waals surface area contributed by atoms with Crippen molar-refractivity contribution in [3.05, 3.63) is 24.3 Å². The van der Waals surface area contributed by atoms with E-state index < -0.39 is 0 Å². The van der Waals surface area contributed by atoms with Crippen LogP contribution in [0.15, 0.2) is 24.3 Å². The Labute approximate surface area is 150 Å².